The largest absolute Gasteiger partial charge is 0.492 e. The van der Waals surface area contributed by atoms with E-state index in [0.29, 0.717) is 22.5 Å². The normalized spacial score (nSPS) is 11.6. The van der Waals surface area contributed by atoms with Crippen molar-refractivity contribution < 1.29 is 18.6 Å². The lowest BCUT2D eigenvalue weighted by atomic mass is 10.1. The third-order valence-electron chi connectivity index (χ3n) is 4.13. The SMILES string of the molecule is COc1c(OCC=C(C)CCC=C(C)C)c(=O)oc2cccc(OC(C)C)c12. The zero-order valence-corrected chi connectivity index (χ0v) is 17.6. The molecule has 0 aliphatic rings. The van der Waals surface area contributed by atoms with Crippen molar-refractivity contribution in [2.75, 3.05) is 13.7 Å². The van der Waals surface area contributed by atoms with Crippen molar-refractivity contribution in [3.8, 4) is 17.2 Å². The van der Waals surface area contributed by atoms with Crippen molar-refractivity contribution in [1.29, 1.82) is 0 Å². The van der Waals surface area contributed by atoms with Crippen molar-refractivity contribution in [1.82, 2.24) is 0 Å². The summed E-state index contributed by atoms with van der Waals surface area (Å²) < 4.78 is 22.6. The molecule has 2 rings (SSSR count). The van der Waals surface area contributed by atoms with Crippen LogP contribution in [0.5, 0.6) is 17.2 Å². The Balaban J connectivity index is 2.30. The number of allylic oxidation sites excluding steroid dienone is 3. The van der Waals surface area contributed by atoms with Gasteiger partial charge < -0.3 is 18.6 Å². The van der Waals surface area contributed by atoms with Gasteiger partial charge >= 0.3 is 5.63 Å². The molecule has 1 heterocycles. The first-order valence-corrected chi connectivity index (χ1v) is 9.55. The molecule has 0 unspecified atom stereocenters. The third kappa shape index (κ3) is 5.65. The molecule has 5 nitrogen and oxygen atoms in total. The standard InChI is InChI=1S/C23H30O5/c1-15(2)9-7-10-17(5)13-14-26-22-21(25-6)20-18(27-16(3)4)11-8-12-19(20)28-23(22)24/h8-9,11-13,16H,7,10,14H2,1-6H3. The van der Waals surface area contributed by atoms with Gasteiger partial charge in [0.25, 0.3) is 0 Å². The minimum absolute atomic E-state index is 0.0296. The lowest BCUT2D eigenvalue weighted by Gasteiger charge is -2.15. The summed E-state index contributed by atoms with van der Waals surface area (Å²) in [6.07, 6.45) is 6.08. The van der Waals surface area contributed by atoms with Gasteiger partial charge in [-0.25, -0.2) is 4.79 Å². The van der Waals surface area contributed by atoms with E-state index in [9.17, 15) is 4.79 Å². The van der Waals surface area contributed by atoms with E-state index in [1.807, 2.05) is 26.0 Å². The van der Waals surface area contributed by atoms with Crippen molar-refractivity contribution in [3.05, 3.63) is 51.9 Å². The van der Waals surface area contributed by atoms with Crippen LogP contribution in [0.2, 0.25) is 0 Å². The van der Waals surface area contributed by atoms with Crippen molar-refractivity contribution >= 4 is 11.0 Å². The van der Waals surface area contributed by atoms with Crippen LogP contribution in [0.3, 0.4) is 0 Å². The van der Waals surface area contributed by atoms with Crippen LogP contribution in [0.25, 0.3) is 11.0 Å². The van der Waals surface area contributed by atoms with Crippen LogP contribution in [0, 0.1) is 0 Å². The predicted octanol–water partition coefficient (Wildman–Crippen LogP) is 5.66. The second-order valence-corrected chi connectivity index (χ2v) is 7.23. The van der Waals surface area contributed by atoms with Crippen LogP contribution >= 0.6 is 0 Å². The maximum atomic E-state index is 12.4. The van der Waals surface area contributed by atoms with Crippen LogP contribution in [-0.2, 0) is 0 Å². The molecule has 1 aromatic carbocycles. The van der Waals surface area contributed by atoms with E-state index >= 15 is 0 Å². The van der Waals surface area contributed by atoms with Gasteiger partial charge in [-0.1, -0.05) is 23.3 Å². The summed E-state index contributed by atoms with van der Waals surface area (Å²) >= 11 is 0. The summed E-state index contributed by atoms with van der Waals surface area (Å²) in [5.41, 5.74) is 2.34. The Morgan fingerprint density at radius 1 is 1.14 bits per heavy atom. The van der Waals surface area contributed by atoms with Crippen molar-refractivity contribution in [2.45, 2.75) is 53.6 Å². The molecule has 0 N–H and O–H groups in total. The summed E-state index contributed by atoms with van der Waals surface area (Å²) in [5.74, 6) is 0.979. The van der Waals surface area contributed by atoms with E-state index in [0.717, 1.165) is 12.8 Å². The molecular weight excluding hydrogens is 356 g/mol. The molecule has 28 heavy (non-hydrogen) atoms. The molecular formula is C23H30O5. The highest BCUT2D eigenvalue weighted by Gasteiger charge is 2.20. The first kappa shape index (κ1) is 21.6. The molecule has 1 aromatic heterocycles. The number of ether oxygens (including phenoxy) is 3. The zero-order chi connectivity index (χ0) is 20.7. The second kappa shape index (κ2) is 10.0. The first-order chi connectivity index (χ1) is 13.3. The average molecular weight is 386 g/mol. The maximum absolute atomic E-state index is 12.4. The Morgan fingerprint density at radius 2 is 1.89 bits per heavy atom. The minimum atomic E-state index is -0.568. The van der Waals surface area contributed by atoms with E-state index in [-0.39, 0.29) is 18.5 Å². The third-order valence-corrected chi connectivity index (χ3v) is 4.13. The van der Waals surface area contributed by atoms with Crippen LogP contribution in [-0.4, -0.2) is 19.8 Å². The first-order valence-electron chi connectivity index (χ1n) is 9.55. The van der Waals surface area contributed by atoms with E-state index < -0.39 is 5.63 Å². The van der Waals surface area contributed by atoms with E-state index in [1.54, 1.807) is 12.1 Å². The molecule has 2 aromatic rings. The molecule has 0 bridgehead atoms. The maximum Gasteiger partial charge on any atom is 0.383 e. The van der Waals surface area contributed by atoms with Crippen molar-refractivity contribution in [2.24, 2.45) is 0 Å². The molecule has 0 atom stereocenters. The molecule has 0 saturated heterocycles. The highest BCUT2D eigenvalue weighted by Crippen LogP contribution is 2.39. The number of benzene rings is 1. The molecule has 0 saturated carbocycles. The molecule has 0 spiro atoms. The van der Waals surface area contributed by atoms with Gasteiger partial charge in [0.05, 0.1) is 13.2 Å². The zero-order valence-electron chi connectivity index (χ0n) is 17.6. The van der Waals surface area contributed by atoms with Gasteiger partial charge in [-0.05, 0) is 65.7 Å². The lowest BCUT2D eigenvalue weighted by molar-refractivity contribution is 0.244. The molecule has 0 radical (unpaired) electrons. The number of rotatable bonds is 9. The topological polar surface area (TPSA) is 57.9 Å². The Morgan fingerprint density at radius 3 is 2.54 bits per heavy atom. The van der Waals surface area contributed by atoms with Crippen molar-refractivity contribution in [3.63, 3.8) is 0 Å². The second-order valence-electron chi connectivity index (χ2n) is 7.23. The van der Waals surface area contributed by atoms with Crippen LogP contribution in [0.4, 0.5) is 0 Å². The lowest BCUT2D eigenvalue weighted by Crippen LogP contribution is -2.11. The van der Waals surface area contributed by atoms with E-state index in [4.69, 9.17) is 18.6 Å². The van der Waals surface area contributed by atoms with Gasteiger partial charge in [0, 0.05) is 0 Å². The summed E-state index contributed by atoms with van der Waals surface area (Å²) in [6, 6.07) is 5.31. The van der Waals surface area contributed by atoms with E-state index in [1.165, 1.54) is 18.3 Å². The molecule has 0 aliphatic heterocycles. The summed E-state index contributed by atoms with van der Waals surface area (Å²) in [6.45, 7) is 10.4. The number of hydrogen-bond donors (Lipinski definition) is 0. The summed E-state index contributed by atoms with van der Waals surface area (Å²) in [7, 11) is 1.51. The molecule has 152 valence electrons. The minimum Gasteiger partial charge on any atom is -0.492 e. The van der Waals surface area contributed by atoms with Gasteiger partial charge in [-0.15, -0.1) is 0 Å². The van der Waals surface area contributed by atoms with Crippen LogP contribution < -0.4 is 19.8 Å². The number of methoxy groups -OCH3 is 1. The van der Waals surface area contributed by atoms with Gasteiger partial charge in [0.15, 0.2) is 5.75 Å². The summed E-state index contributed by atoms with van der Waals surface area (Å²) in [4.78, 5) is 12.4. The quantitative estimate of drug-likeness (QED) is 0.411. The molecule has 0 aliphatic carbocycles. The Kier molecular flexibility index (Phi) is 7.73. The molecule has 0 amide bonds. The fraction of sp³-hybridized carbons (Fsp3) is 0.435. The van der Waals surface area contributed by atoms with Gasteiger partial charge in [-0.3, -0.25) is 0 Å². The fourth-order valence-corrected chi connectivity index (χ4v) is 2.80. The number of hydrogen-bond acceptors (Lipinski definition) is 5. The monoisotopic (exact) mass is 386 g/mol. The summed E-state index contributed by atoms with van der Waals surface area (Å²) in [5, 5.41) is 0.595. The van der Waals surface area contributed by atoms with Gasteiger partial charge in [0.1, 0.15) is 23.3 Å². The van der Waals surface area contributed by atoms with Crippen LogP contribution in [0.1, 0.15) is 47.5 Å². The van der Waals surface area contributed by atoms with E-state index in [2.05, 4.69) is 26.8 Å². The Labute approximate surface area is 166 Å². The average Bonchev–Trinajstić information content (AvgIpc) is 2.61. The Bertz CT molecular complexity index is 914. The molecule has 0 fully saturated rings. The number of fused-ring (bicyclic) bond motifs is 1. The van der Waals surface area contributed by atoms with Gasteiger partial charge in [0.2, 0.25) is 5.75 Å². The van der Waals surface area contributed by atoms with Gasteiger partial charge in [-0.2, -0.15) is 0 Å². The highest BCUT2D eigenvalue weighted by atomic mass is 16.5. The molecule has 5 heteroatoms. The highest BCUT2D eigenvalue weighted by molar-refractivity contribution is 5.91. The fourth-order valence-electron chi connectivity index (χ4n) is 2.80. The predicted molar refractivity (Wildman–Crippen MR) is 113 cm³/mol. The Hall–Kier alpha value is -2.69. The smallest absolute Gasteiger partial charge is 0.383 e. The van der Waals surface area contributed by atoms with Crippen LogP contribution in [0.15, 0.2) is 50.7 Å².